The lowest BCUT2D eigenvalue weighted by Gasteiger charge is -2.27. The van der Waals surface area contributed by atoms with Crippen LogP contribution in [0.15, 0.2) is 78.9 Å². The molecule has 0 heteroatoms. The van der Waals surface area contributed by atoms with Gasteiger partial charge in [0.15, 0.2) is 0 Å². The third-order valence-corrected chi connectivity index (χ3v) is 8.04. The average Bonchev–Trinajstić information content (AvgIpc) is 3.24. The molecule has 38 heavy (non-hydrogen) atoms. The van der Waals surface area contributed by atoms with Crippen LogP contribution in [-0.4, -0.2) is 0 Å². The molecule has 0 aliphatic heterocycles. The Labute approximate surface area is 233 Å². The summed E-state index contributed by atoms with van der Waals surface area (Å²) in [5, 5.41) is 0. The SMILES string of the molecule is C#CCC(C)C(=C)c1ccc(C2C=C(C)C=C2[C@H](C)CC(=C)c2cc(C(C)(C)C)cc(C(C)(C)C)c2)cc1. The van der Waals surface area contributed by atoms with Crippen LogP contribution in [0.4, 0.5) is 0 Å². The molecule has 0 heterocycles. The molecule has 0 spiro atoms. The van der Waals surface area contributed by atoms with Crippen molar-refractivity contribution in [3.05, 3.63) is 107 Å². The van der Waals surface area contributed by atoms with E-state index in [2.05, 4.69) is 136 Å². The van der Waals surface area contributed by atoms with Gasteiger partial charge >= 0.3 is 0 Å². The molecule has 200 valence electrons. The van der Waals surface area contributed by atoms with Gasteiger partial charge in [-0.3, -0.25) is 0 Å². The van der Waals surface area contributed by atoms with E-state index in [0.29, 0.717) is 11.8 Å². The van der Waals surface area contributed by atoms with Crippen molar-refractivity contribution >= 4 is 11.1 Å². The first-order chi connectivity index (χ1) is 17.6. The highest BCUT2D eigenvalue weighted by molar-refractivity contribution is 5.67. The van der Waals surface area contributed by atoms with Crippen molar-refractivity contribution in [3.8, 4) is 12.3 Å². The second kappa shape index (κ2) is 11.4. The fourth-order valence-electron chi connectivity index (χ4n) is 5.29. The third kappa shape index (κ3) is 6.88. The van der Waals surface area contributed by atoms with Crippen LogP contribution in [0.3, 0.4) is 0 Å². The molecule has 0 amide bonds. The molecule has 0 aromatic heterocycles. The summed E-state index contributed by atoms with van der Waals surface area (Å²) in [5.41, 5.74) is 11.9. The van der Waals surface area contributed by atoms with Gasteiger partial charge in [0.25, 0.3) is 0 Å². The summed E-state index contributed by atoms with van der Waals surface area (Å²) in [6.07, 6.45) is 12.0. The van der Waals surface area contributed by atoms with Crippen molar-refractivity contribution in [1.29, 1.82) is 0 Å². The highest BCUT2D eigenvalue weighted by Crippen LogP contribution is 2.41. The van der Waals surface area contributed by atoms with Crippen LogP contribution in [0, 0.1) is 24.2 Å². The van der Waals surface area contributed by atoms with Crippen LogP contribution in [0.25, 0.3) is 11.1 Å². The molecule has 1 aliphatic rings. The molecule has 0 bridgehead atoms. The molecule has 0 N–H and O–H groups in total. The summed E-state index contributed by atoms with van der Waals surface area (Å²) >= 11 is 0. The summed E-state index contributed by atoms with van der Waals surface area (Å²) in [6, 6.07) is 16.1. The molecular weight excluding hydrogens is 456 g/mol. The van der Waals surface area contributed by atoms with Crippen molar-refractivity contribution in [2.24, 2.45) is 11.8 Å². The quantitative estimate of drug-likeness (QED) is 0.314. The van der Waals surface area contributed by atoms with E-state index in [1.165, 1.54) is 44.5 Å². The molecule has 0 saturated heterocycles. The maximum atomic E-state index is 5.52. The van der Waals surface area contributed by atoms with E-state index in [4.69, 9.17) is 6.42 Å². The highest BCUT2D eigenvalue weighted by Gasteiger charge is 2.26. The van der Waals surface area contributed by atoms with E-state index < -0.39 is 0 Å². The van der Waals surface area contributed by atoms with Crippen molar-refractivity contribution in [1.82, 2.24) is 0 Å². The molecule has 3 atom stereocenters. The number of hydrogen-bond acceptors (Lipinski definition) is 0. The summed E-state index contributed by atoms with van der Waals surface area (Å²) in [7, 11) is 0. The second-order valence-corrected chi connectivity index (χ2v) is 13.5. The number of benzene rings is 2. The molecule has 2 aromatic carbocycles. The van der Waals surface area contributed by atoms with Gasteiger partial charge in [0.1, 0.15) is 0 Å². The van der Waals surface area contributed by atoms with Crippen molar-refractivity contribution < 1.29 is 0 Å². The zero-order valence-corrected chi connectivity index (χ0v) is 25.3. The third-order valence-electron chi connectivity index (χ3n) is 8.04. The van der Waals surface area contributed by atoms with Crippen LogP contribution in [-0.2, 0) is 10.8 Å². The monoisotopic (exact) mass is 504 g/mol. The number of rotatable bonds is 8. The minimum absolute atomic E-state index is 0.0953. The average molecular weight is 505 g/mol. The Kier molecular flexibility index (Phi) is 8.83. The Balaban J connectivity index is 1.84. The first-order valence-electron chi connectivity index (χ1n) is 14.1. The summed E-state index contributed by atoms with van der Waals surface area (Å²) in [5.74, 6) is 3.74. The first-order valence-corrected chi connectivity index (χ1v) is 14.1. The van der Waals surface area contributed by atoms with Gasteiger partial charge in [-0.15, -0.1) is 12.3 Å². The lowest BCUT2D eigenvalue weighted by Crippen LogP contribution is -2.17. The normalized spacial score (nSPS) is 17.3. The van der Waals surface area contributed by atoms with Gasteiger partial charge in [0.2, 0.25) is 0 Å². The molecule has 0 nitrogen and oxygen atoms in total. The number of hydrogen-bond donors (Lipinski definition) is 0. The van der Waals surface area contributed by atoms with Gasteiger partial charge in [-0.2, -0.15) is 0 Å². The number of terminal acetylenes is 1. The predicted octanol–water partition coefficient (Wildman–Crippen LogP) is 10.7. The van der Waals surface area contributed by atoms with Gasteiger partial charge in [-0.05, 0) is 75.0 Å². The second-order valence-electron chi connectivity index (χ2n) is 13.5. The Morgan fingerprint density at radius 2 is 1.45 bits per heavy atom. The minimum atomic E-state index is 0.0953. The Hall–Kier alpha value is -3.04. The smallest absolute Gasteiger partial charge is 0.0239 e. The topological polar surface area (TPSA) is 0 Å². The fraction of sp³-hybridized carbons (Fsp3) is 0.421. The van der Waals surface area contributed by atoms with E-state index in [0.717, 1.165) is 18.4 Å². The van der Waals surface area contributed by atoms with E-state index in [9.17, 15) is 0 Å². The molecule has 2 aromatic rings. The standard InChI is InChI=1S/C38H48/c1-13-14-26(3)29(6)30-15-17-31(18-16-30)36-20-25(2)19-35(36)28(5)21-27(4)32-22-33(37(7,8)9)24-34(23-32)38(10,11)12/h1,15-20,22-24,26,28,36H,4,6,14,21H2,2-3,5,7-12H3/t26?,28-,36?/m1/s1. The lowest BCUT2D eigenvalue weighted by atomic mass is 9.77. The summed E-state index contributed by atoms with van der Waals surface area (Å²) < 4.78 is 0. The maximum absolute atomic E-state index is 5.52. The molecule has 1 aliphatic carbocycles. The van der Waals surface area contributed by atoms with Gasteiger partial charge in [0.05, 0.1) is 0 Å². The van der Waals surface area contributed by atoms with E-state index in [-0.39, 0.29) is 16.7 Å². The lowest BCUT2D eigenvalue weighted by molar-refractivity contribution is 0.568. The van der Waals surface area contributed by atoms with E-state index in [1.54, 1.807) is 0 Å². The van der Waals surface area contributed by atoms with Crippen molar-refractivity contribution in [2.75, 3.05) is 0 Å². The maximum Gasteiger partial charge on any atom is 0.0239 e. The van der Waals surface area contributed by atoms with Crippen LogP contribution in [0.2, 0.25) is 0 Å². The molecule has 0 fully saturated rings. The Bertz CT molecular complexity index is 1250. The van der Waals surface area contributed by atoms with Crippen LogP contribution >= 0.6 is 0 Å². The molecular formula is C38H48. The highest BCUT2D eigenvalue weighted by atomic mass is 14.3. The zero-order valence-electron chi connectivity index (χ0n) is 25.3. The molecule has 0 saturated carbocycles. The van der Waals surface area contributed by atoms with E-state index >= 15 is 0 Å². The van der Waals surface area contributed by atoms with E-state index in [1.807, 2.05) is 0 Å². The first kappa shape index (κ1) is 29.5. The van der Waals surface area contributed by atoms with Crippen molar-refractivity contribution in [2.45, 2.75) is 91.9 Å². The Morgan fingerprint density at radius 1 is 0.895 bits per heavy atom. The zero-order chi connectivity index (χ0) is 28.4. The van der Waals surface area contributed by atoms with Crippen LogP contribution < -0.4 is 0 Å². The summed E-state index contributed by atoms with van der Waals surface area (Å²) in [6.45, 7) is 29.4. The minimum Gasteiger partial charge on any atom is -0.120 e. The largest absolute Gasteiger partial charge is 0.120 e. The molecule has 3 rings (SSSR count). The summed E-state index contributed by atoms with van der Waals surface area (Å²) in [4.78, 5) is 0. The molecule has 0 radical (unpaired) electrons. The van der Waals surface area contributed by atoms with Crippen molar-refractivity contribution in [3.63, 3.8) is 0 Å². The van der Waals surface area contributed by atoms with Crippen LogP contribution in [0.5, 0.6) is 0 Å². The van der Waals surface area contributed by atoms with Crippen LogP contribution in [0.1, 0.15) is 109 Å². The fourth-order valence-corrected chi connectivity index (χ4v) is 5.29. The van der Waals surface area contributed by atoms with Gasteiger partial charge < -0.3 is 0 Å². The molecule has 2 unspecified atom stereocenters. The van der Waals surface area contributed by atoms with Gasteiger partial charge in [-0.1, -0.05) is 134 Å². The van der Waals surface area contributed by atoms with Gasteiger partial charge in [0, 0.05) is 12.3 Å². The van der Waals surface area contributed by atoms with Gasteiger partial charge in [-0.25, -0.2) is 0 Å². The predicted molar refractivity (Wildman–Crippen MR) is 169 cm³/mol. The number of allylic oxidation sites excluding steroid dienone is 6. The Morgan fingerprint density at radius 3 is 1.95 bits per heavy atom.